The fourth-order valence-corrected chi connectivity index (χ4v) is 4.05. The number of nitrogens with zero attached hydrogens (tertiary/aromatic N) is 1. The van der Waals surface area contributed by atoms with Crippen LogP contribution in [0.1, 0.15) is 31.7 Å². The van der Waals surface area contributed by atoms with E-state index in [4.69, 9.17) is 9.47 Å². The number of halogens is 3. The van der Waals surface area contributed by atoms with Crippen LogP contribution in [0.15, 0.2) is 48.5 Å². The molecule has 0 spiro atoms. The molecule has 2 aromatic rings. The molecule has 2 amide bonds. The second-order valence-electron chi connectivity index (χ2n) is 9.34. The van der Waals surface area contributed by atoms with Crippen molar-refractivity contribution in [3.8, 4) is 11.5 Å². The van der Waals surface area contributed by atoms with Crippen molar-refractivity contribution in [3.05, 3.63) is 54.1 Å². The molecule has 0 radical (unpaired) electrons. The summed E-state index contributed by atoms with van der Waals surface area (Å²) < 4.78 is 51.7. The average Bonchev–Trinajstić information content (AvgIpc) is 2.89. The SMILES string of the molecule is COc1ccc(C(CC(=O)N2CCOCC2)C(=O)N[C@H](CNc2ccc(OC(F)(F)F)cc2)C(C)C)cc1. The Morgan fingerprint density at radius 2 is 1.61 bits per heavy atom. The lowest BCUT2D eigenvalue weighted by molar-refractivity contribution is -0.274. The molecule has 1 saturated heterocycles. The molecule has 1 unspecified atom stereocenters. The van der Waals surface area contributed by atoms with Gasteiger partial charge < -0.3 is 29.7 Å². The standard InChI is InChI=1S/C27H34F3N3O5/c1-18(2)24(17-31-20-6-10-22(11-7-20)38-27(28,29)30)32-26(35)23(19-4-8-21(36-3)9-5-19)16-25(34)33-12-14-37-15-13-33/h4-11,18,23-24,31H,12-17H2,1-3H3,(H,32,35)/t23?,24-/m1/s1. The van der Waals surface area contributed by atoms with Crippen molar-refractivity contribution >= 4 is 17.5 Å². The van der Waals surface area contributed by atoms with E-state index < -0.39 is 12.3 Å². The average molecular weight is 538 g/mol. The zero-order chi connectivity index (χ0) is 27.7. The van der Waals surface area contributed by atoms with Gasteiger partial charge in [0.1, 0.15) is 11.5 Å². The Balaban J connectivity index is 1.69. The van der Waals surface area contributed by atoms with Crippen LogP contribution in [-0.2, 0) is 14.3 Å². The van der Waals surface area contributed by atoms with Crippen molar-refractivity contribution in [2.24, 2.45) is 5.92 Å². The number of nitrogens with one attached hydrogen (secondary N) is 2. The highest BCUT2D eigenvalue weighted by Crippen LogP contribution is 2.26. The monoisotopic (exact) mass is 537 g/mol. The van der Waals surface area contributed by atoms with Crippen molar-refractivity contribution < 1.29 is 37.0 Å². The van der Waals surface area contributed by atoms with Crippen molar-refractivity contribution in [1.29, 1.82) is 0 Å². The largest absolute Gasteiger partial charge is 0.573 e. The van der Waals surface area contributed by atoms with Crippen molar-refractivity contribution in [2.45, 2.75) is 38.6 Å². The molecule has 1 aliphatic heterocycles. The third-order valence-electron chi connectivity index (χ3n) is 6.32. The maximum atomic E-state index is 13.5. The molecular formula is C27H34F3N3O5. The molecule has 0 aliphatic carbocycles. The van der Waals surface area contributed by atoms with Crippen LogP contribution in [-0.4, -0.2) is 69.1 Å². The van der Waals surface area contributed by atoms with Crippen molar-refractivity contribution in [3.63, 3.8) is 0 Å². The normalized spacial score (nSPS) is 15.5. The van der Waals surface area contributed by atoms with Gasteiger partial charge in [-0.05, 0) is 47.9 Å². The molecule has 0 saturated carbocycles. The van der Waals surface area contributed by atoms with E-state index in [1.165, 1.54) is 24.3 Å². The van der Waals surface area contributed by atoms with Gasteiger partial charge in [-0.25, -0.2) is 0 Å². The van der Waals surface area contributed by atoms with Gasteiger partial charge in [0.15, 0.2) is 0 Å². The van der Waals surface area contributed by atoms with Gasteiger partial charge in [-0.2, -0.15) is 0 Å². The van der Waals surface area contributed by atoms with Crippen LogP contribution in [0.2, 0.25) is 0 Å². The summed E-state index contributed by atoms with van der Waals surface area (Å²) in [5.41, 5.74) is 1.27. The van der Waals surface area contributed by atoms with Crippen LogP contribution in [0.25, 0.3) is 0 Å². The van der Waals surface area contributed by atoms with Crippen LogP contribution < -0.4 is 20.1 Å². The van der Waals surface area contributed by atoms with Crippen LogP contribution in [0.3, 0.4) is 0 Å². The number of rotatable bonds is 11. The fourth-order valence-electron chi connectivity index (χ4n) is 4.05. The molecule has 8 nitrogen and oxygen atoms in total. The Bertz CT molecular complexity index is 1040. The van der Waals surface area contributed by atoms with Gasteiger partial charge in [0, 0.05) is 37.8 Å². The van der Waals surface area contributed by atoms with E-state index in [1.807, 2.05) is 13.8 Å². The van der Waals surface area contributed by atoms with E-state index in [-0.39, 0.29) is 35.9 Å². The summed E-state index contributed by atoms with van der Waals surface area (Å²) in [6.07, 6.45) is -4.75. The van der Waals surface area contributed by atoms with Gasteiger partial charge in [0.2, 0.25) is 11.8 Å². The number of hydrogen-bond acceptors (Lipinski definition) is 6. The number of morpholine rings is 1. The fraction of sp³-hybridized carbons (Fsp3) is 0.481. The van der Waals surface area contributed by atoms with E-state index in [0.29, 0.717) is 49.8 Å². The third-order valence-corrected chi connectivity index (χ3v) is 6.32. The molecule has 208 valence electrons. The minimum absolute atomic E-state index is 0.0110. The number of amides is 2. The van der Waals surface area contributed by atoms with Gasteiger partial charge in [-0.1, -0.05) is 26.0 Å². The maximum absolute atomic E-state index is 13.5. The Morgan fingerprint density at radius 1 is 1.00 bits per heavy atom. The number of carbonyl (C=O) groups is 2. The number of alkyl halides is 3. The molecule has 0 bridgehead atoms. The first kappa shape index (κ1) is 29.1. The highest BCUT2D eigenvalue weighted by Gasteiger charge is 2.31. The predicted molar refractivity (Wildman–Crippen MR) is 136 cm³/mol. The summed E-state index contributed by atoms with van der Waals surface area (Å²) in [5, 5.41) is 6.21. The Hall–Kier alpha value is -3.47. The summed E-state index contributed by atoms with van der Waals surface area (Å²) in [5.74, 6) is -0.759. The molecule has 0 aromatic heterocycles. The van der Waals surface area contributed by atoms with Gasteiger partial charge in [-0.15, -0.1) is 13.2 Å². The quantitative estimate of drug-likeness (QED) is 0.447. The molecule has 1 fully saturated rings. The lowest BCUT2D eigenvalue weighted by Crippen LogP contribution is -2.47. The van der Waals surface area contributed by atoms with E-state index in [1.54, 1.807) is 36.3 Å². The number of carbonyl (C=O) groups excluding carboxylic acids is 2. The first-order valence-corrected chi connectivity index (χ1v) is 12.4. The number of methoxy groups -OCH3 is 1. The van der Waals surface area contributed by atoms with Crippen LogP contribution in [0.5, 0.6) is 11.5 Å². The zero-order valence-corrected chi connectivity index (χ0v) is 21.7. The minimum Gasteiger partial charge on any atom is -0.497 e. The van der Waals surface area contributed by atoms with E-state index in [0.717, 1.165) is 0 Å². The van der Waals surface area contributed by atoms with Crippen molar-refractivity contribution in [1.82, 2.24) is 10.2 Å². The molecule has 11 heteroatoms. The van der Waals surface area contributed by atoms with Crippen LogP contribution >= 0.6 is 0 Å². The minimum atomic E-state index is -4.76. The predicted octanol–water partition coefficient (Wildman–Crippen LogP) is 4.18. The maximum Gasteiger partial charge on any atom is 0.573 e. The zero-order valence-electron chi connectivity index (χ0n) is 21.7. The van der Waals surface area contributed by atoms with E-state index in [9.17, 15) is 22.8 Å². The molecule has 1 heterocycles. The highest BCUT2D eigenvalue weighted by molar-refractivity contribution is 5.90. The Labute approximate surface area is 220 Å². The molecule has 3 rings (SSSR count). The van der Waals surface area contributed by atoms with E-state index >= 15 is 0 Å². The summed E-state index contributed by atoms with van der Waals surface area (Å²) in [6.45, 7) is 6.14. The van der Waals surface area contributed by atoms with Gasteiger partial charge in [-0.3, -0.25) is 9.59 Å². The number of ether oxygens (including phenoxy) is 3. The summed E-state index contributed by atoms with van der Waals surface area (Å²) in [4.78, 5) is 28.3. The summed E-state index contributed by atoms with van der Waals surface area (Å²) in [7, 11) is 1.55. The third kappa shape index (κ3) is 8.83. The molecule has 38 heavy (non-hydrogen) atoms. The first-order chi connectivity index (χ1) is 18.1. The second-order valence-corrected chi connectivity index (χ2v) is 9.34. The van der Waals surface area contributed by atoms with Crippen LogP contribution in [0, 0.1) is 5.92 Å². The Morgan fingerprint density at radius 3 is 2.16 bits per heavy atom. The van der Waals surface area contributed by atoms with Gasteiger partial charge in [0.05, 0.1) is 26.2 Å². The number of hydrogen-bond donors (Lipinski definition) is 2. The van der Waals surface area contributed by atoms with Crippen molar-refractivity contribution in [2.75, 3.05) is 45.3 Å². The number of anilines is 1. The lowest BCUT2D eigenvalue weighted by atomic mass is 9.92. The van der Waals surface area contributed by atoms with Crippen LogP contribution in [0.4, 0.5) is 18.9 Å². The molecule has 2 atom stereocenters. The molecule has 2 N–H and O–H groups in total. The topological polar surface area (TPSA) is 89.1 Å². The number of benzene rings is 2. The second kappa shape index (κ2) is 13.4. The summed E-state index contributed by atoms with van der Waals surface area (Å²) in [6, 6.07) is 12.1. The highest BCUT2D eigenvalue weighted by atomic mass is 19.4. The molecule has 2 aromatic carbocycles. The molecule has 1 aliphatic rings. The summed E-state index contributed by atoms with van der Waals surface area (Å²) >= 11 is 0. The van der Waals surface area contributed by atoms with E-state index in [2.05, 4.69) is 15.4 Å². The lowest BCUT2D eigenvalue weighted by Gasteiger charge is -2.30. The molecular weight excluding hydrogens is 503 g/mol. The first-order valence-electron chi connectivity index (χ1n) is 12.4. The Kier molecular flexibility index (Phi) is 10.2. The van der Waals surface area contributed by atoms with Gasteiger partial charge in [0.25, 0.3) is 0 Å². The van der Waals surface area contributed by atoms with Gasteiger partial charge >= 0.3 is 6.36 Å². The smallest absolute Gasteiger partial charge is 0.497 e.